The van der Waals surface area contributed by atoms with Gasteiger partial charge in [0.15, 0.2) is 0 Å². The lowest BCUT2D eigenvalue weighted by Gasteiger charge is -2.26. The molecule has 20 heavy (non-hydrogen) atoms. The number of halogens is 1. The molecule has 4 nitrogen and oxygen atoms in total. The van der Waals surface area contributed by atoms with Crippen LogP contribution in [0, 0.1) is 11.7 Å². The van der Waals surface area contributed by atoms with Gasteiger partial charge in [0.1, 0.15) is 5.82 Å². The van der Waals surface area contributed by atoms with Crippen LogP contribution in [0.15, 0.2) is 24.3 Å². The van der Waals surface area contributed by atoms with E-state index in [4.69, 9.17) is 5.11 Å². The maximum atomic E-state index is 12.9. The van der Waals surface area contributed by atoms with Gasteiger partial charge in [0, 0.05) is 6.42 Å². The highest BCUT2D eigenvalue weighted by Crippen LogP contribution is 2.29. The van der Waals surface area contributed by atoms with Crippen LogP contribution >= 0.6 is 0 Å². The predicted octanol–water partition coefficient (Wildman–Crippen LogP) is 2.65. The fraction of sp³-hybridized carbons (Fsp3) is 0.467. The van der Waals surface area contributed by atoms with Crippen molar-refractivity contribution in [1.29, 1.82) is 0 Å². The Hall–Kier alpha value is -1.91. The summed E-state index contributed by atoms with van der Waals surface area (Å²) in [6.07, 6.45) is 3.52. The van der Waals surface area contributed by atoms with Crippen molar-refractivity contribution in [3.05, 3.63) is 35.6 Å². The zero-order valence-electron chi connectivity index (χ0n) is 11.1. The molecule has 1 aliphatic rings. The molecular weight excluding hydrogens is 261 g/mol. The third-order valence-electron chi connectivity index (χ3n) is 3.69. The molecule has 1 fully saturated rings. The molecule has 1 aromatic rings. The van der Waals surface area contributed by atoms with Crippen LogP contribution in [-0.2, 0) is 9.59 Å². The minimum absolute atomic E-state index is 0.134. The fourth-order valence-electron chi connectivity index (χ4n) is 2.33. The maximum Gasteiger partial charge on any atom is 0.305 e. The van der Waals surface area contributed by atoms with Crippen molar-refractivity contribution in [1.82, 2.24) is 5.32 Å². The maximum absolute atomic E-state index is 12.9. The molecule has 5 heteroatoms. The number of carbonyl (C=O) groups excluding carboxylic acids is 1. The highest BCUT2D eigenvalue weighted by Gasteiger charge is 2.23. The van der Waals surface area contributed by atoms with Crippen molar-refractivity contribution in [3.63, 3.8) is 0 Å². The third-order valence-corrected chi connectivity index (χ3v) is 3.69. The summed E-state index contributed by atoms with van der Waals surface area (Å²) in [7, 11) is 0. The molecule has 2 rings (SSSR count). The van der Waals surface area contributed by atoms with Crippen molar-refractivity contribution in [2.24, 2.45) is 5.92 Å². The van der Waals surface area contributed by atoms with Crippen LogP contribution in [0.3, 0.4) is 0 Å². The van der Waals surface area contributed by atoms with Gasteiger partial charge in [-0.25, -0.2) is 4.39 Å². The smallest absolute Gasteiger partial charge is 0.305 e. The molecule has 2 N–H and O–H groups in total. The summed E-state index contributed by atoms with van der Waals surface area (Å²) in [5, 5.41) is 11.7. The second kappa shape index (κ2) is 6.50. The van der Waals surface area contributed by atoms with Crippen molar-refractivity contribution < 1.29 is 19.1 Å². The number of benzene rings is 1. The SMILES string of the molecule is O=C(O)CC(NC(=O)CC1CCC1)c1ccc(F)cc1. The molecule has 0 saturated heterocycles. The lowest BCUT2D eigenvalue weighted by atomic mass is 9.83. The number of aliphatic carboxylic acids is 1. The molecule has 0 heterocycles. The number of nitrogens with one attached hydrogen (secondary N) is 1. The highest BCUT2D eigenvalue weighted by molar-refractivity contribution is 5.78. The molecule has 0 aromatic heterocycles. The first-order valence-electron chi connectivity index (χ1n) is 6.81. The Morgan fingerprint density at radius 1 is 1.30 bits per heavy atom. The lowest BCUT2D eigenvalue weighted by molar-refractivity contribution is -0.137. The molecule has 0 aliphatic heterocycles. The van der Waals surface area contributed by atoms with Gasteiger partial charge in [-0.15, -0.1) is 0 Å². The number of amides is 1. The van der Waals surface area contributed by atoms with Crippen molar-refractivity contribution in [3.8, 4) is 0 Å². The number of carboxylic acids is 1. The van der Waals surface area contributed by atoms with E-state index in [1.807, 2.05) is 0 Å². The van der Waals surface area contributed by atoms with E-state index >= 15 is 0 Å². The van der Waals surface area contributed by atoms with Gasteiger partial charge in [-0.2, -0.15) is 0 Å². The normalized spacial score (nSPS) is 16.2. The van der Waals surface area contributed by atoms with Crippen LogP contribution in [0.1, 0.15) is 43.7 Å². The Morgan fingerprint density at radius 3 is 2.45 bits per heavy atom. The van der Waals surface area contributed by atoms with Gasteiger partial charge in [-0.3, -0.25) is 9.59 Å². The summed E-state index contributed by atoms with van der Waals surface area (Å²) in [4.78, 5) is 22.8. The minimum Gasteiger partial charge on any atom is -0.481 e. The first-order chi connectivity index (χ1) is 9.54. The minimum atomic E-state index is -0.997. The lowest BCUT2D eigenvalue weighted by Crippen LogP contribution is -2.32. The van der Waals surface area contributed by atoms with Crippen molar-refractivity contribution in [2.75, 3.05) is 0 Å². The third kappa shape index (κ3) is 4.05. The van der Waals surface area contributed by atoms with E-state index in [1.165, 1.54) is 24.3 Å². The first-order valence-corrected chi connectivity index (χ1v) is 6.81. The largest absolute Gasteiger partial charge is 0.481 e. The standard InChI is InChI=1S/C15H18FNO3/c16-12-6-4-11(5-7-12)13(9-15(19)20)17-14(18)8-10-2-1-3-10/h4-7,10,13H,1-3,8-9H2,(H,17,18)(H,19,20). The molecule has 1 aromatic carbocycles. The average molecular weight is 279 g/mol. The Balaban J connectivity index is 2.00. The highest BCUT2D eigenvalue weighted by atomic mass is 19.1. The van der Waals surface area contributed by atoms with Crippen molar-refractivity contribution in [2.45, 2.75) is 38.1 Å². The molecular formula is C15H18FNO3. The molecule has 1 unspecified atom stereocenters. The summed E-state index contributed by atoms with van der Waals surface area (Å²) >= 11 is 0. The Kier molecular flexibility index (Phi) is 4.71. The van der Waals surface area contributed by atoms with Crippen LogP contribution in [0.5, 0.6) is 0 Å². The van der Waals surface area contributed by atoms with E-state index in [1.54, 1.807) is 0 Å². The average Bonchev–Trinajstić information content (AvgIpc) is 2.33. The van der Waals surface area contributed by atoms with E-state index in [0.717, 1.165) is 19.3 Å². The molecule has 1 amide bonds. The van der Waals surface area contributed by atoms with E-state index in [2.05, 4.69) is 5.32 Å². The monoisotopic (exact) mass is 279 g/mol. The Labute approximate surface area is 117 Å². The van der Waals surface area contributed by atoms with E-state index in [0.29, 0.717) is 17.9 Å². The van der Waals surface area contributed by atoms with Crippen LogP contribution in [0.25, 0.3) is 0 Å². The molecule has 0 radical (unpaired) electrons. The van der Waals surface area contributed by atoms with Gasteiger partial charge in [-0.1, -0.05) is 18.6 Å². The van der Waals surface area contributed by atoms with Gasteiger partial charge in [-0.05, 0) is 36.5 Å². The van der Waals surface area contributed by atoms with Gasteiger partial charge in [0.05, 0.1) is 12.5 Å². The van der Waals surface area contributed by atoms with E-state index < -0.39 is 12.0 Å². The van der Waals surface area contributed by atoms with Crippen LogP contribution in [-0.4, -0.2) is 17.0 Å². The molecule has 1 aliphatic carbocycles. The molecule has 0 bridgehead atoms. The predicted molar refractivity (Wildman–Crippen MR) is 71.5 cm³/mol. The molecule has 108 valence electrons. The Morgan fingerprint density at radius 2 is 1.95 bits per heavy atom. The van der Waals surface area contributed by atoms with Crippen LogP contribution in [0.4, 0.5) is 4.39 Å². The second-order valence-corrected chi connectivity index (χ2v) is 5.27. The molecule has 0 spiro atoms. The van der Waals surface area contributed by atoms with E-state index in [9.17, 15) is 14.0 Å². The quantitative estimate of drug-likeness (QED) is 0.841. The zero-order valence-corrected chi connectivity index (χ0v) is 11.1. The number of hydrogen-bond donors (Lipinski definition) is 2. The second-order valence-electron chi connectivity index (χ2n) is 5.27. The van der Waals surface area contributed by atoms with E-state index in [-0.39, 0.29) is 18.1 Å². The molecule has 1 saturated carbocycles. The summed E-state index contributed by atoms with van der Waals surface area (Å²) in [5.74, 6) is -1.09. The number of hydrogen-bond acceptors (Lipinski definition) is 2. The summed E-state index contributed by atoms with van der Waals surface area (Å²) in [5.41, 5.74) is 0.607. The summed E-state index contributed by atoms with van der Waals surface area (Å²) < 4.78 is 12.9. The number of carboxylic acid groups (broad SMARTS) is 1. The first kappa shape index (κ1) is 14.5. The van der Waals surface area contributed by atoms with Gasteiger partial charge >= 0.3 is 5.97 Å². The van der Waals surface area contributed by atoms with Crippen LogP contribution in [0.2, 0.25) is 0 Å². The zero-order chi connectivity index (χ0) is 14.5. The topological polar surface area (TPSA) is 66.4 Å². The van der Waals surface area contributed by atoms with Gasteiger partial charge in [0.25, 0.3) is 0 Å². The van der Waals surface area contributed by atoms with Crippen molar-refractivity contribution >= 4 is 11.9 Å². The Bertz CT molecular complexity index is 482. The molecule has 1 atom stereocenters. The number of rotatable bonds is 6. The van der Waals surface area contributed by atoms with Gasteiger partial charge < -0.3 is 10.4 Å². The fourth-order valence-corrected chi connectivity index (χ4v) is 2.33. The van der Waals surface area contributed by atoms with Crippen LogP contribution < -0.4 is 5.32 Å². The number of carbonyl (C=O) groups is 2. The summed E-state index contributed by atoms with van der Waals surface area (Å²) in [6.45, 7) is 0. The van der Waals surface area contributed by atoms with Gasteiger partial charge in [0.2, 0.25) is 5.91 Å². The summed E-state index contributed by atoms with van der Waals surface area (Å²) in [6, 6.07) is 4.93.